The quantitative estimate of drug-likeness (QED) is 0.640. The van der Waals surface area contributed by atoms with Gasteiger partial charge in [-0.05, 0) is 61.2 Å². The predicted molar refractivity (Wildman–Crippen MR) is 124 cm³/mol. The molecule has 1 aromatic heterocycles. The van der Waals surface area contributed by atoms with E-state index in [1.807, 2.05) is 4.90 Å². The highest BCUT2D eigenvalue weighted by atomic mass is 35.5. The molecular formula is C24H27ClN4O2. The lowest BCUT2D eigenvalue weighted by Crippen LogP contribution is -2.35. The number of hydrogen-bond acceptors (Lipinski definition) is 4. The Balaban J connectivity index is 1.47. The van der Waals surface area contributed by atoms with Crippen LogP contribution in [0.15, 0.2) is 42.5 Å². The van der Waals surface area contributed by atoms with Crippen molar-refractivity contribution in [2.75, 3.05) is 38.2 Å². The highest BCUT2D eigenvalue weighted by Crippen LogP contribution is 2.27. The Hall–Kier alpha value is -2.99. The van der Waals surface area contributed by atoms with Gasteiger partial charge in [-0.3, -0.25) is 9.89 Å². The zero-order chi connectivity index (χ0) is 22.0. The van der Waals surface area contributed by atoms with E-state index in [2.05, 4.69) is 53.2 Å². The number of benzene rings is 2. The third kappa shape index (κ3) is 4.54. The third-order valence-electron chi connectivity index (χ3n) is 5.88. The van der Waals surface area contributed by atoms with Crippen LogP contribution < -0.4 is 9.64 Å². The lowest BCUT2D eigenvalue weighted by atomic mass is 10.0. The summed E-state index contributed by atoms with van der Waals surface area (Å²) in [4.78, 5) is 17.2. The number of carbonyl (C=O) groups is 1. The summed E-state index contributed by atoms with van der Waals surface area (Å²) < 4.78 is 5.36. The van der Waals surface area contributed by atoms with Crippen molar-refractivity contribution in [2.45, 2.75) is 20.3 Å². The smallest absolute Gasteiger partial charge is 0.257 e. The summed E-state index contributed by atoms with van der Waals surface area (Å²) in [5.41, 5.74) is 5.16. The number of H-pyrrole nitrogens is 1. The number of anilines is 1. The Labute approximate surface area is 187 Å². The van der Waals surface area contributed by atoms with Crippen LogP contribution in [0.2, 0.25) is 5.02 Å². The zero-order valence-corrected chi connectivity index (χ0v) is 18.9. The minimum Gasteiger partial charge on any atom is -0.496 e. The van der Waals surface area contributed by atoms with Crippen LogP contribution in [0.25, 0.3) is 11.3 Å². The molecule has 1 aliphatic rings. The molecule has 31 heavy (non-hydrogen) atoms. The van der Waals surface area contributed by atoms with Gasteiger partial charge in [-0.15, -0.1) is 0 Å². The normalized spacial score (nSPS) is 14.5. The first-order valence-corrected chi connectivity index (χ1v) is 10.8. The summed E-state index contributed by atoms with van der Waals surface area (Å²) >= 11 is 6.12. The number of aromatic nitrogens is 2. The molecule has 0 spiro atoms. The van der Waals surface area contributed by atoms with E-state index in [0.29, 0.717) is 36.0 Å². The number of halogens is 1. The maximum atomic E-state index is 13.1. The van der Waals surface area contributed by atoms with Crippen molar-refractivity contribution < 1.29 is 9.53 Å². The SMILES string of the molecule is COc1ccc(Cl)cc1C(=O)N1CCCN(c2cc(-c3ccc(C)c(C)c3)[nH]n2)CC1. The number of ether oxygens (including phenoxy) is 1. The van der Waals surface area contributed by atoms with Gasteiger partial charge in [0.2, 0.25) is 0 Å². The molecule has 0 bridgehead atoms. The number of carbonyl (C=O) groups excluding carboxylic acids is 1. The van der Waals surface area contributed by atoms with Crippen LogP contribution in [0.4, 0.5) is 5.82 Å². The molecule has 0 aliphatic carbocycles. The van der Waals surface area contributed by atoms with Crippen molar-refractivity contribution in [1.29, 1.82) is 0 Å². The van der Waals surface area contributed by atoms with E-state index in [1.54, 1.807) is 25.3 Å². The predicted octanol–water partition coefficient (Wildman–Crippen LogP) is 4.71. The number of aromatic amines is 1. The Morgan fingerprint density at radius 3 is 2.65 bits per heavy atom. The highest BCUT2D eigenvalue weighted by molar-refractivity contribution is 6.31. The van der Waals surface area contributed by atoms with E-state index in [0.717, 1.165) is 30.0 Å². The first-order chi connectivity index (χ1) is 15.0. The standard InChI is InChI=1S/C24H27ClN4O2/c1-16-5-6-18(13-17(16)2)21-15-23(27-26-21)28-9-4-10-29(12-11-28)24(30)20-14-19(25)7-8-22(20)31-3/h5-8,13-15H,4,9-12H2,1-3H3,(H,26,27). The van der Waals surface area contributed by atoms with Crippen molar-refractivity contribution in [1.82, 2.24) is 15.1 Å². The summed E-state index contributed by atoms with van der Waals surface area (Å²) in [5, 5.41) is 8.23. The number of amides is 1. The second-order valence-corrected chi connectivity index (χ2v) is 8.35. The molecule has 1 amide bonds. The molecule has 1 fully saturated rings. The van der Waals surface area contributed by atoms with Crippen LogP contribution in [0.1, 0.15) is 27.9 Å². The van der Waals surface area contributed by atoms with Crippen LogP contribution in [-0.2, 0) is 0 Å². The van der Waals surface area contributed by atoms with Crippen molar-refractivity contribution in [3.63, 3.8) is 0 Å². The highest BCUT2D eigenvalue weighted by Gasteiger charge is 2.24. The monoisotopic (exact) mass is 438 g/mol. The Morgan fingerprint density at radius 2 is 1.87 bits per heavy atom. The zero-order valence-electron chi connectivity index (χ0n) is 18.1. The molecule has 1 N–H and O–H groups in total. The lowest BCUT2D eigenvalue weighted by molar-refractivity contribution is 0.0763. The number of nitrogens with zero attached hydrogens (tertiary/aromatic N) is 3. The second-order valence-electron chi connectivity index (χ2n) is 7.92. The Kier molecular flexibility index (Phi) is 6.18. The first-order valence-electron chi connectivity index (χ1n) is 10.5. The number of methoxy groups -OCH3 is 1. The molecule has 1 saturated heterocycles. The molecule has 2 heterocycles. The minimum absolute atomic E-state index is 0.0564. The summed E-state index contributed by atoms with van der Waals surface area (Å²) in [5.74, 6) is 1.39. The van der Waals surface area contributed by atoms with E-state index >= 15 is 0 Å². The van der Waals surface area contributed by atoms with Gasteiger partial charge in [-0.25, -0.2) is 0 Å². The number of nitrogens with one attached hydrogen (secondary N) is 1. The van der Waals surface area contributed by atoms with Gasteiger partial charge in [0.25, 0.3) is 5.91 Å². The van der Waals surface area contributed by atoms with Gasteiger partial charge in [0, 0.05) is 37.3 Å². The van der Waals surface area contributed by atoms with Gasteiger partial charge in [0.05, 0.1) is 18.4 Å². The van der Waals surface area contributed by atoms with E-state index < -0.39 is 0 Å². The Morgan fingerprint density at radius 1 is 1.03 bits per heavy atom. The van der Waals surface area contributed by atoms with Crippen LogP contribution in [-0.4, -0.2) is 54.3 Å². The molecule has 4 rings (SSSR count). The van der Waals surface area contributed by atoms with Gasteiger partial charge in [0.1, 0.15) is 5.75 Å². The fourth-order valence-corrected chi connectivity index (χ4v) is 4.07. The van der Waals surface area contributed by atoms with Crippen LogP contribution >= 0.6 is 11.6 Å². The van der Waals surface area contributed by atoms with E-state index in [4.69, 9.17) is 16.3 Å². The second kappa shape index (κ2) is 9.02. The summed E-state index contributed by atoms with van der Waals surface area (Å²) in [6, 6.07) is 13.6. The number of hydrogen-bond donors (Lipinski definition) is 1. The molecule has 1 aliphatic heterocycles. The molecule has 162 valence electrons. The van der Waals surface area contributed by atoms with E-state index in [-0.39, 0.29) is 5.91 Å². The molecule has 0 radical (unpaired) electrons. The van der Waals surface area contributed by atoms with Crippen molar-refractivity contribution >= 4 is 23.3 Å². The van der Waals surface area contributed by atoms with Crippen molar-refractivity contribution in [3.8, 4) is 17.0 Å². The van der Waals surface area contributed by atoms with Crippen LogP contribution in [0, 0.1) is 13.8 Å². The molecule has 2 aromatic carbocycles. The van der Waals surface area contributed by atoms with Gasteiger partial charge >= 0.3 is 0 Å². The topological polar surface area (TPSA) is 61.5 Å². The summed E-state index contributed by atoms with van der Waals surface area (Å²) in [6.07, 6.45) is 0.862. The number of rotatable bonds is 4. The molecular weight excluding hydrogens is 412 g/mol. The fourth-order valence-electron chi connectivity index (χ4n) is 3.90. The maximum Gasteiger partial charge on any atom is 0.257 e. The molecule has 7 heteroatoms. The van der Waals surface area contributed by atoms with Gasteiger partial charge in [0.15, 0.2) is 5.82 Å². The van der Waals surface area contributed by atoms with Gasteiger partial charge in [-0.2, -0.15) is 5.10 Å². The average molecular weight is 439 g/mol. The van der Waals surface area contributed by atoms with Crippen molar-refractivity contribution in [2.24, 2.45) is 0 Å². The molecule has 0 atom stereocenters. The number of aryl methyl sites for hydroxylation is 2. The third-order valence-corrected chi connectivity index (χ3v) is 6.12. The van der Waals surface area contributed by atoms with Gasteiger partial charge < -0.3 is 14.5 Å². The van der Waals surface area contributed by atoms with E-state index in [1.165, 1.54) is 11.1 Å². The molecule has 0 saturated carbocycles. The average Bonchev–Trinajstić information content (AvgIpc) is 3.13. The maximum absolute atomic E-state index is 13.1. The van der Waals surface area contributed by atoms with Crippen LogP contribution in [0.5, 0.6) is 5.75 Å². The van der Waals surface area contributed by atoms with Crippen molar-refractivity contribution in [3.05, 3.63) is 64.2 Å². The van der Waals surface area contributed by atoms with Crippen LogP contribution in [0.3, 0.4) is 0 Å². The first kappa shape index (κ1) is 21.2. The minimum atomic E-state index is -0.0564. The lowest BCUT2D eigenvalue weighted by Gasteiger charge is -2.22. The molecule has 6 nitrogen and oxygen atoms in total. The molecule has 0 unspecified atom stereocenters. The fraction of sp³-hybridized carbons (Fsp3) is 0.333. The Bertz CT molecular complexity index is 1090. The summed E-state index contributed by atoms with van der Waals surface area (Å²) in [7, 11) is 1.56. The molecule has 3 aromatic rings. The van der Waals surface area contributed by atoms with Gasteiger partial charge in [-0.1, -0.05) is 23.7 Å². The van der Waals surface area contributed by atoms with E-state index in [9.17, 15) is 4.79 Å². The summed E-state index contributed by atoms with van der Waals surface area (Å²) in [6.45, 7) is 7.07. The largest absolute Gasteiger partial charge is 0.496 e.